The Morgan fingerprint density at radius 2 is 0.588 bits per heavy atom. The van der Waals surface area contributed by atoms with Crippen LogP contribution in [0.15, 0.2) is 109 Å². The molecular formula is C62H102O6. The highest BCUT2D eigenvalue weighted by molar-refractivity contribution is 5.71. The zero-order valence-electron chi connectivity index (χ0n) is 44.1. The lowest BCUT2D eigenvalue weighted by Crippen LogP contribution is -2.30. The number of ether oxygens (including phenoxy) is 3. The highest BCUT2D eigenvalue weighted by atomic mass is 16.6. The maximum absolute atomic E-state index is 12.8. The summed E-state index contributed by atoms with van der Waals surface area (Å²) in [5.74, 6) is -0.959. The van der Waals surface area contributed by atoms with Crippen molar-refractivity contribution in [3.8, 4) is 0 Å². The van der Waals surface area contributed by atoms with Crippen molar-refractivity contribution in [2.45, 2.75) is 252 Å². The Kier molecular flexibility index (Phi) is 52.4. The summed E-state index contributed by atoms with van der Waals surface area (Å²) in [5.41, 5.74) is 0. The zero-order chi connectivity index (χ0) is 49.3. The number of rotatable bonds is 49. The van der Waals surface area contributed by atoms with Gasteiger partial charge in [-0.2, -0.15) is 0 Å². The van der Waals surface area contributed by atoms with Crippen molar-refractivity contribution < 1.29 is 28.6 Å². The Morgan fingerprint density at radius 1 is 0.309 bits per heavy atom. The van der Waals surface area contributed by atoms with Crippen LogP contribution in [0, 0.1) is 0 Å². The van der Waals surface area contributed by atoms with Crippen LogP contribution >= 0.6 is 0 Å². The third-order valence-corrected chi connectivity index (χ3v) is 11.7. The second-order valence-electron chi connectivity index (χ2n) is 18.3. The normalized spacial score (nSPS) is 12.9. The summed E-state index contributed by atoms with van der Waals surface area (Å²) in [6.45, 7) is 6.43. The number of esters is 3. The number of carbonyl (C=O) groups is 3. The molecule has 1 unspecified atom stereocenters. The Morgan fingerprint density at radius 3 is 0.971 bits per heavy atom. The van der Waals surface area contributed by atoms with Gasteiger partial charge in [-0.25, -0.2) is 0 Å². The van der Waals surface area contributed by atoms with Gasteiger partial charge in [-0.05, 0) is 89.9 Å². The van der Waals surface area contributed by atoms with Crippen molar-refractivity contribution >= 4 is 17.9 Å². The predicted octanol–water partition coefficient (Wildman–Crippen LogP) is 18.7. The molecule has 6 nitrogen and oxygen atoms in total. The molecule has 0 saturated heterocycles. The van der Waals surface area contributed by atoms with E-state index in [1.807, 2.05) is 72.9 Å². The standard InChI is InChI=1S/C62H102O6/c1-4-7-10-13-16-19-22-25-28-30-31-32-35-37-40-43-46-49-52-55-61(64)67-58-59(57-66-60(63)54-51-48-45-42-39-36-33-27-24-21-18-15-12-9-6-3)68-62(65)56-53-50-47-44-41-38-34-29-26-23-20-17-14-11-8-5-2/h7,10,13,16,19,21-22,24-25,28-32,34-35,37,40,59H,4-6,8-9,11-12,14-15,17-18,20,23,26-27,33,36,38-39,41-58H2,1-3H3/b10-7-,16-13-,22-19-,24-21-,28-25-,31-30+,34-29-,35-32-,40-37-. The molecule has 6 heteroatoms. The van der Waals surface area contributed by atoms with Gasteiger partial charge < -0.3 is 14.2 Å². The van der Waals surface area contributed by atoms with Gasteiger partial charge in [0.2, 0.25) is 0 Å². The summed E-state index contributed by atoms with van der Waals surface area (Å²) < 4.78 is 16.8. The molecule has 0 rings (SSSR count). The third kappa shape index (κ3) is 53.0. The van der Waals surface area contributed by atoms with Gasteiger partial charge in [0.1, 0.15) is 13.2 Å². The average molecular weight is 943 g/mol. The molecule has 0 amide bonds. The quantitative estimate of drug-likeness (QED) is 0.0199. The number of carbonyl (C=O) groups excluding carboxylic acids is 3. The topological polar surface area (TPSA) is 78.9 Å². The molecule has 0 heterocycles. The van der Waals surface area contributed by atoms with E-state index in [4.69, 9.17) is 14.2 Å². The molecular weight excluding hydrogens is 841 g/mol. The van der Waals surface area contributed by atoms with Gasteiger partial charge in [0.25, 0.3) is 0 Å². The van der Waals surface area contributed by atoms with Gasteiger partial charge in [-0.3, -0.25) is 14.4 Å². The Hall–Kier alpha value is -3.93. The zero-order valence-corrected chi connectivity index (χ0v) is 44.1. The fraction of sp³-hybridized carbons (Fsp3) is 0.661. The molecule has 0 aromatic carbocycles. The van der Waals surface area contributed by atoms with Crippen LogP contribution in [0.2, 0.25) is 0 Å². The van der Waals surface area contributed by atoms with Crippen molar-refractivity contribution in [1.29, 1.82) is 0 Å². The Balaban J connectivity index is 4.52. The summed E-state index contributed by atoms with van der Waals surface area (Å²) in [4.78, 5) is 38.1. The fourth-order valence-electron chi connectivity index (χ4n) is 7.47. The smallest absolute Gasteiger partial charge is 0.306 e. The van der Waals surface area contributed by atoms with E-state index in [0.29, 0.717) is 19.3 Å². The molecule has 0 spiro atoms. The van der Waals surface area contributed by atoms with Crippen LogP contribution in [0.3, 0.4) is 0 Å². The monoisotopic (exact) mass is 943 g/mol. The molecule has 0 saturated carbocycles. The first-order chi connectivity index (χ1) is 33.5. The number of allylic oxidation sites excluding steroid dienone is 18. The second-order valence-corrected chi connectivity index (χ2v) is 18.3. The Labute approximate surface area is 419 Å². The molecule has 386 valence electrons. The molecule has 0 aliphatic rings. The number of unbranched alkanes of at least 4 members (excludes halogenated alkanes) is 26. The van der Waals surface area contributed by atoms with Crippen molar-refractivity contribution in [1.82, 2.24) is 0 Å². The summed E-state index contributed by atoms with van der Waals surface area (Å²) in [7, 11) is 0. The van der Waals surface area contributed by atoms with Crippen LogP contribution in [-0.4, -0.2) is 37.2 Å². The van der Waals surface area contributed by atoms with Gasteiger partial charge in [0.15, 0.2) is 6.10 Å². The minimum absolute atomic E-state index is 0.0998. The molecule has 0 aromatic rings. The van der Waals surface area contributed by atoms with E-state index in [1.54, 1.807) is 0 Å². The van der Waals surface area contributed by atoms with Crippen molar-refractivity contribution in [2.75, 3.05) is 13.2 Å². The van der Waals surface area contributed by atoms with Gasteiger partial charge in [-0.1, -0.05) is 246 Å². The van der Waals surface area contributed by atoms with Crippen LogP contribution in [-0.2, 0) is 28.6 Å². The second kappa shape index (κ2) is 55.7. The van der Waals surface area contributed by atoms with E-state index >= 15 is 0 Å². The highest BCUT2D eigenvalue weighted by Gasteiger charge is 2.19. The fourth-order valence-corrected chi connectivity index (χ4v) is 7.47. The number of hydrogen-bond donors (Lipinski definition) is 0. The molecule has 0 radical (unpaired) electrons. The molecule has 0 aliphatic carbocycles. The molecule has 68 heavy (non-hydrogen) atoms. The van der Waals surface area contributed by atoms with Crippen LogP contribution in [0.4, 0.5) is 0 Å². The van der Waals surface area contributed by atoms with Gasteiger partial charge in [0, 0.05) is 19.3 Å². The number of hydrogen-bond acceptors (Lipinski definition) is 6. The molecule has 0 N–H and O–H groups in total. The van der Waals surface area contributed by atoms with E-state index in [9.17, 15) is 14.4 Å². The first-order valence-corrected chi connectivity index (χ1v) is 28.0. The van der Waals surface area contributed by atoms with Crippen molar-refractivity contribution in [2.24, 2.45) is 0 Å². The highest BCUT2D eigenvalue weighted by Crippen LogP contribution is 2.14. The molecule has 0 bridgehead atoms. The first-order valence-electron chi connectivity index (χ1n) is 28.0. The lowest BCUT2D eigenvalue weighted by molar-refractivity contribution is -0.167. The Bertz CT molecular complexity index is 1410. The summed E-state index contributed by atoms with van der Waals surface area (Å²) in [6.07, 6.45) is 74.9. The average Bonchev–Trinajstić information content (AvgIpc) is 3.34. The van der Waals surface area contributed by atoms with Crippen molar-refractivity contribution in [3.63, 3.8) is 0 Å². The van der Waals surface area contributed by atoms with E-state index in [1.165, 1.54) is 122 Å². The van der Waals surface area contributed by atoms with Crippen LogP contribution in [0.25, 0.3) is 0 Å². The lowest BCUT2D eigenvalue weighted by Gasteiger charge is -2.18. The SMILES string of the molecule is CC\C=C/C=C\C=C/C=C\C=C\C=C/C=C\CCCCCC(=O)OCC(COC(=O)CCCCCCCCC/C=C\CCCCCC)OC(=O)CCCCCCC/C=C\CCCCCCCCC. The summed E-state index contributed by atoms with van der Waals surface area (Å²) >= 11 is 0. The van der Waals surface area contributed by atoms with Crippen LogP contribution in [0.1, 0.15) is 245 Å². The molecule has 0 fully saturated rings. The van der Waals surface area contributed by atoms with Crippen LogP contribution < -0.4 is 0 Å². The summed E-state index contributed by atoms with van der Waals surface area (Å²) in [5, 5.41) is 0. The van der Waals surface area contributed by atoms with Gasteiger partial charge >= 0.3 is 17.9 Å². The van der Waals surface area contributed by atoms with Gasteiger partial charge in [0.05, 0.1) is 0 Å². The first kappa shape index (κ1) is 64.1. The minimum Gasteiger partial charge on any atom is -0.462 e. The van der Waals surface area contributed by atoms with E-state index in [0.717, 1.165) is 83.5 Å². The van der Waals surface area contributed by atoms with Gasteiger partial charge in [-0.15, -0.1) is 0 Å². The maximum Gasteiger partial charge on any atom is 0.306 e. The van der Waals surface area contributed by atoms with Crippen molar-refractivity contribution in [3.05, 3.63) is 109 Å². The van der Waals surface area contributed by atoms with E-state index in [2.05, 4.69) is 57.2 Å². The summed E-state index contributed by atoms with van der Waals surface area (Å²) in [6, 6.07) is 0. The lowest BCUT2D eigenvalue weighted by atomic mass is 10.1. The molecule has 0 aliphatic heterocycles. The predicted molar refractivity (Wildman–Crippen MR) is 293 cm³/mol. The van der Waals surface area contributed by atoms with Crippen LogP contribution in [0.5, 0.6) is 0 Å². The van der Waals surface area contributed by atoms with E-state index in [-0.39, 0.29) is 31.1 Å². The maximum atomic E-state index is 12.8. The third-order valence-electron chi connectivity index (χ3n) is 11.7. The largest absolute Gasteiger partial charge is 0.462 e. The minimum atomic E-state index is -0.805. The molecule has 0 aromatic heterocycles. The van der Waals surface area contributed by atoms with E-state index < -0.39 is 6.10 Å². The molecule has 1 atom stereocenters.